The Morgan fingerprint density at radius 2 is 1.39 bits per heavy atom. The third-order valence-electron chi connectivity index (χ3n) is 5.12. The molecular formula is C19H26N2O2. The van der Waals surface area contributed by atoms with E-state index in [2.05, 4.69) is 10.6 Å². The summed E-state index contributed by atoms with van der Waals surface area (Å²) in [6.07, 6.45) is 5.50. The van der Waals surface area contributed by atoms with Gasteiger partial charge in [0.15, 0.2) is 0 Å². The van der Waals surface area contributed by atoms with Gasteiger partial charge in [0.2, 0.25) is 11.8 Å². The number of nitrogens with one attached hydrogen (secondary N) is 2. The number of rotatable bonds is 4. The van der Waals surface area contributed by atoms with Crippen LogP contribution < -0.4 is 10.6 Å². The molecule has 3 rings (SSSR count). The molecule has 0 unspecified atom stereocenters. The number of carbonyl (C=O) groups excluding carboxylic acids is 2. The molecule has 1 aromatic rings. The first kappa shape index (κ1) is 16.0. The number of para-hydroxylation sites is 1. The highest BCUT2D eigenvalue weighted by molar-refractivity contribution is 5.94. The molecule has 2 saturated carbocycles. The fourth-order valence-corrected chi connectivity index (χ4v) is 3.40. The molecule has 0 saturated heterocycles. The molecule has 2 amide bonds. The minimum atomic E-state index is 0.0268. The Hall–Kier alpha value is -1.84. The van der Waals surface area contributed by atoms with Gasteiger partial charge in [-0.2, -0.15) is 0 Å². The molecule has 0 aliphatic heterocycles. The van der Waals surface area contributed by atoms with E-state index in [0.29, 0.717) is 6.04 Å². The van der Waals surface area contributed by atoms with Gasteiger partial charge in [0.1, 0.15) is 0 Å². The van der Waals surface area contributed by atoms with Crippen LogP contribution in [0, 0.1) is 25.7 Å². The zero-order valence-corrected chi connectivity index (χ0v) is 14.0. The van der Waals surface area contributed by atoms with Crippen LogP contribution in [0.1, 0.15) is 49.7 Å². The van der Waals surface area contributed by atoms with Crippen LogP contribution in [0.5, 0.6) is 0 Å². The largest absolute Gasteiger partial charge is 0.353 e. The molecule has 2 aliphatic rings. The minimum absolute atomic E-state index is 0.0268. The summed E-state index contributed by atoms with van der Waals surface area (Å²) in [5.41, 5.74) is 3.12. The molecule has 0 heterocycles. The number of benzene rings is 1. The summed E-state index contributed by atoms with van der Waals surface area (Å²) in [5, 5.41) is 6.18. The SMILES string of the molecule is Cc1cccc(C)c1NC(=O)C1CCC(C(=O)NC2CC2)CC1. The maximum Gasteiger partial charge on any atom is 0.227 e. The highest BCUT2D eigenvalue weighted by Gasteiger charge is 2.32. The normalized spacial score (nSPS) is 24.1. The molecule has 0 bridgehead atoms. The van der Waals surface area contributed by atoms with Crippen molar-refractivity contribution in [1.82, 2.24) is 5.32 Å². The Balaban J connectivity index is 1.52. The predicted molar refractivity (Wildman–Crippen MR) is 91.2 cm³/mol. The smallest absolute Gasteiger partial charge is 0.227 e. The lowest BCUT2D eigenvalue weighted by Gasteiger charge is -2.27. The molecule has 2 aliphatic carbocycles. The molecular weight excluding hydrogens is 288 g/mol. The minimum Gasteiger partial charge on any atom is -0.353 e. The van der Waals surface area contributed by atoms with Crippen LogP contribution in [0.3, 0.4) is 0 Å². The highest BCUT2D eigenvalue weighted by atomic mass is 16.2. The van der Waals surface area contributed by atoms with Crippen LogP contribution in [-0.2, 0) is 9.59 Å². The Morgan fingerprint density at radius 1 is 0.870 bits per heavy atom. The molecule has 23 heavy (non-hydrogen) atoms. The van der Waals surface area contributed by atoms with Crippen molar-refractivity contribution in [2.45, 2.75) is 58.4 Å². The Kier molecular flexibility index (Phi) is 4.69. The van der Waals surface area contributed by atoms with E-state index in [1.54, 1.807) is 0 Å². The molecule has 4 nitrogen and oxygen atoms in total. The monoisotopic (exact) mass is 314 g/mol. The molecule has 0 radical (unpaired) electrons. The van der Waals surface area contributed by atoms with E-state index in [9.17, 15) is 9.59 Å². The molecule has 0 aromatic heterocycles. The van der Waals surface area contributed by atoms with Gasteiger partial charge in [-0.15, -0.1) is 0 Å². The number of carbonyl (C=O) groups is 2. The van der Waals surface area contributed by atoms with E-state index in [-0.39, 0.29) is 23.7 Å². The molecule has 0 spiro atoms. The van der Waals surface area contributed by atoms with Crippen LogP contribution >= 0.6 is 0 Å². The Morgan fingerprint density at radius 3 is 1.91 bits per heavy atom. The zero-order valence-electron chi connectivity index (χ0n) is 14.0. The second-order valence-corrected chi connectivity index (χ2v) is 7.09. The van der Waals surface area contributed by atoms with Crippen molar-refractivity contribution < 1.29 is 9.59 Å². The first-order valence-corrected chi connectivity index (χ1v) is 8.72. The van der Waals surface area contributed by atoms with E-state index >= 15 is 0 Å². The average Bonchev–Trinajstić information content (AvgIpc) is 3.35. The topological polar surface area (TPSA) is 58.2 Å². The summed E-state index contributed by atoms with van der Waals surface area (Å²) in [6, 6.07) is 6.46. The quantitative estimate of drug-likeness (QED) is 0.895. The third kappa shape index (κ3) is 3.92. The van der Waals surface area contributed by atoms with Gasteiger partial charge in [-0.1, -0.05) is 18.2 Å². The van der Waals surface area contributed by atoms with Crippen molar-refractivity contribution in [1.29, 1.82) is 0 Å². The average molecular weight is 314 g/mol. The number of aryl methyl sites for hydroxylation is 2. The highest BCUT2D eigenvalue weighted by Crippen LogP contribution is 2.31. The first-order chi connectivity index (χ1) is 11.0. The lowest BCUT2D eigenvalue weighted by atomic mass is 9.81. The van der Waals surface area contributed by atoms with Crippen molar-refractivity contribution in [3.05, 3.63) is 29.3 Å². The Labute approximate surface area is 138 Å². The van der Waals surface area contributed by atoms with Gasteiger partial charge < -0.3 is 10.6 Å². The van der Waals surface area contributed by atoms with Crippen molar-refractivity contribution >= 4 is 17.5 Å². The number of anilines is 1. The summed E-state index contributed by atoms with van der Waals surface area (Å²) in [6.45, 7) is 4.03. The van der Waals surface area contributed by atoms with Gasteiger partial charge in [0.25, 0.3) is 0 Å². The van der Waals surface area contributed by atoms with Gasteiger partial charge in [0.05, 0.1) is 0 Å². The first-order valence-electron chi connectivity index (χ1n) is 8.72. The molecule has 2 fully saturated rings. The van der Waals surface area contributed by atoms with Gasteiger partial charge in [-0.05, 0) is 63.5 Å². The van der Waals surface area contributed by atoms with Gasteiger partial charge >= 0.3 is 0 Å². The van der Waals surface area contributed by atoms with Gasteiger partial charge in [0, 0.05) is 23.6 Å². The van der Waals surface area contributed by atoms with Gasteiger partial charge in [-0.25, -0.2) is 0 Å². The number of amides is 2. The maximum atomic E-state index is 12.5. The summed E-state index contributed by atoms with van der Waals surface area (Å²) < 4.78 is 0. The second-order valence-electron chi connectivity index (χ2n) is 7.09. The number of hydrogen-bond donors (Lipinski definition) is 2. The van der Waals surface area contributed by atoms with Crippen LogP contribution in [0.4, 0.5) is 5.69 Å². The molecule has 1 aromatic carbocycles. The van der Waals surface area contributed by atoms with Gasteiger partial charge in [-0.3, -0.25) is 9.59 Å². The third-order valence-corrected chi connectivity index (χ3v) is 5.12. The van der Waals surface area contributed by atoms with Crippen LogP contribution in [0.25, 0.3) is 0 Å². The molecule has 124 valence electrons. The molecule has 4 heteroatoms. The van der Waals surface area contributed by atoms with Crippen molar-refractivity contribution in [2.75, 3.05) is 5.32 Å². The lowest BCUT2D eigenvalue weighted by Crippen LogP contribution is -2.36. The fourth-order valence-electron chi connectivity index (χ4n) is 3.40. The van der Waals surface area contributed by atoms with Crippen molar-refractivity contribution in [3.63, 3.8) is 0 Å². The summed E-state index contributed by atoms with van der Waals surface area (Å²) in [4.78, 5) is 24.6. The molecule has 2 N–H and O–H groups in total. The van der Waals surface area contributed by atoms with Crippen molar-refractivity contribution in [3.8, 4) is 0 Å². The maximum absolute atomic E-state index is 12.5. The van der Waals surface area contributed by atoms with E-state index in [1.807, 2.05) is 32.0 Å². The molecule has 0 atom stereocenters. The van der Waals surface area contributed by atoms with Crippen LogP contribution in [0.2, 0.25) is 0 Å². The second kappa shape index (κ2) is 6.73. The zero-order chi connectivity index (χ0) is 16.4. The Bertz CT molecular complexity index is 579. The predicted octanol–water partition coefficient (Wildman–Crippen LogP) is 3.33. The van der Waals surface area contributed by atoms with E-state index in [1.165, 1.54) is 0 Å². The lowest BCUT2D eigenvalue weighted by molar-refractivity contribution is -0.128. The standard InChI is InChI=1S/C19H26N2O2/c1-12-4-3-5-13(2)17(12)21-19(23)15-8-6-14(7-9-15)18(22)20-16-10-11-16/h3-5,14-16H,6-11H2,1-2H3,(H,20,22)(H,21,23). The van der Waals surface area contributed by atoms with Crippen LogP contribution in [0.15, 0.2) is 18.2 Å². The van der Waals surface area contributed by atoms with Crippen molar-refractivity contribution in [2.24, 2.45) is 11.8 Å². The van der Waals surface area contributed by atoms with Crippen LogP contribution in [-0.4, -0.2) is 17.9 Å². The van der Waals surface area contributed by atoms with E-state index in [0.717, 1.165) is 55.3 Å². The summed E-state index contributed by atoms with van der Waals surface area (Å²) >= 11 is 0. The van der Waals surface area contributed by atoms with E-state index in [4.69, 9.17) is 0 Å². The summed E-state index contributed by atoms with van der Waals surface area (Å²) in [5.74, 6) is 0.420. The number of hydrogen-bond acceptors (Lipinski definition) is 2. The fraction of sp³-hybridized carbons (Fsp3) is 0.579. The summed E-state index contributed by atoms with van der Waals surface area (Å²) in [7, 11) is 0. The van der Waals surface area contributed by atoms with E-state index < -0.39 is 0 Å².